The molecule has 1 fully saturated rings. The monoisotopic (exact) mass is 1600 g/mol. The van der Waals surface area contributed by atoms with Gasteiger partial charge in [0.15, 0.2) is 33.6 Å². The molecule has 602 valence electrons. The highest BCUT2D eigenvalue weighted by Crippen LogP contribution is 2.42. The number of anilines is 9. The van der Waals surface area contributed by atoms with Crippen molar-refractivity contribution in [2.45, 2.75) is 105 Å². The summed E-state index contributed by atoms with van der Waals surface area (Å²) in [6.45, 7) is 19.9. The number of nitrogens with zero attached hydrogens (tertiary/aromatic N) is 22. The Labute approximate surface area is 674 Å². The highest BCUT2D eigenvalue weighted by molar-refractivity contribution is 6.06. The first-order valence-electron chi connectivity index (χ1n) is 38.1. The van der Waals surface area contributed by atoms with Crippen LogP contribution in [0.1, 0.15) is 104 Å². The zero-order valence-electron chi connectivity index (χ0n) is 66.1. The summed E-state index contributed by atoms with van der Waals surface area (Å²) in [5, 5.41) is 19.0. The maximum absolute atomic E-state index is 6.21. The zero-order valence-corrected chi connectivity index (χ0v) is 66.1. The van der Waals surface area contributed by atoms with Crippen LogP contribution >= 0.6 is 0 Å². The third-order valence-electron chi connectivity index (χ3n) is 20.3. The average molecular weight is 1600 g/mol. The van der Waals surface area contributed by atoms with E-state index in [4.69, 9.17) is 94.6 Å². The first-order chi connectivity index (χ1) is 57.3. The second-order valence-electron chi connectivity index (χ2n) is 29.6. The number of aryl methyl sites for hydroxylation is 1. The molecule has 1 aliphatic heterocycles. The third kappa shape index (κ3) is 14.2. The number of nitrogen functional groups attached to an aromatic ring is 10. The SMILES string of the molecule is CC(C)n1cc(-c2ccc3oc(N)nc3c2)c2c(N)ncnc21.CC(C)n1nc(-c2ccc3oc(N)nc3c2)c2c(N)nccc21.CC(C)n1nc2ncnc(N)c2c1-c1ccc2oc(N)nc2c1.Cc1nc(N)c2c(-c3ccc4o[n+](N)cc4c3)nn(C(C)C)c2n1.Nc1nc2cc(-c3cn(C4CCOCC4)c4ncnc(N)c34)ccc2o1. The van der Waals surface area contributed by atoms with Crippen LogP contribution in [-0.2, 0) is 4.74 Å². The van der Waals surface area contributed by atoms with Crippen molar-refractivity contribution >= 4 is 164 Å². The minimum atomic E-state index is 0.136. The minimum absolute atomic E-state index is 0.136. The molecule has 38 nitrogen and oxygen atoms in total. The summed E-state index contributed by atoms with van der Waals surface area (Å²) in [4.78, 5) is 56.5. The molecule has 1 saturated heterocycles. The van der Waals surface area contributed by atoms with E-state index in [1.165, 1.54) is 23.8 Å². The molecule has 0 radical (unpaired) electrons. The molecule has 0 amide bonds. The van der Waals surface area contributed by atoms with Gasteiger partial charge in [0.1, 0.15) is 98.6 Å². The maximum atomic E-state index is 6.21. The highest BCUT2D eigenvalue weighted by Gasteiger charge is 2.27. The smallest absolute Gasteiger partial charge is 0.292 e. The van der Waals surface area contributed by atoms with E-state index in [-0.39, 0.29) is 48.2 Å². The number of ether oxygens (including phenoxy) is 1. The van der Waals surface area contributed by atoms with E-state index in [1.807, 2.05) is 138 Å². The predicted molar refractivity (Wildman–Crippen MR) is 456 cm³/mol. The van der Waals surface area contributed by atoms with Crippen LogP contribution < -0.4 is 62.3 Å². The van der Waals surface area contributed by atoms with Crippen molar-refractivity contribution in [1.29, 1.82) is 0 Å². The van der Waals surface area contributed by atoms with Crippen LogP contribution in [0.15, 0.2) is 163 Å². The van der Waals surface area contributed by atoms with Crippen molar-refractivity contribution in [3.63, 3.8) is 0 Å². The molecule has 15 aromatic heterocycles. The minimum Gasteiger partial charge on any atom is -0.424 e. The molecule has 1 aliphatic rings. The van der Waals surface area contributed by atoms with Crippen LogP contribution in [0.2, 0.25) is 0 Å². The lowest BCUT2D eigenvalue weighted by atomic mass is 10.1. The van der Waals surface area contributed by atoms with E-state index < -0.39 is 0 Å². The normalized spacial score (nSPS) is 12.7. The summed E-state index contributed by atoms with van der Waals surface area (Å²) in [6, 6.07) is 32.2. The van der Waals surface area contributed by atoms with Gasteiger partial charge < -0.3 is 83.1 Å². The fourth-order valence-electron chi connectivity index (χ4n) is 14.9. The lowest BCUT2D eigenvalue weighted by Crippen LogP contribution is -2.41. The molecule has 21 rings (SSSR count). The second kappa shape index (κ2) is 30.3. The van der Waals surface area contributed by atoms with Gasteiger partial charge in [-0.15, -0.1) is 0 Å². The first kappa shape index (κ1) is 76.0. The highest BCUT2D eigenvalue weighted by atomic mass is 16.5. The van der Waals surface area contributed by atoms with Crippen LogP contribution in [0.25, 0.3) is 166 Å². The molecule has 0 saturated carbocycles. The molecule has 20 N–H and O–H groups in total. The van der Waals surface area contributed by atoms with Crippen LogP contribution in [-0.4, -0.2) is 116 Å². The van der Waals surface area contributed by atoms with E-state index in [0.29, 0.717) is 96.6 Å². The Hall–Kier alpha value is -15.6. The van der Waals surface area contributed by atoms with Gasteiger partial charge >= 0.3 is 0 Å². The summed E-state index contributed by atoms with van der Waals surface area (Å²) in [5.41, 5.74) is 72.2. The molecule has 0 aliphatic carbocycles. The molecule has 5 aromatic carbocycles. The maximum Gasteiger partial charge on any atom is 0.292 e. The molecule has 38 heteroatoms. The first-order valence-corrected chi connectivity index (χ1v) is 38.1. The van der Waals surface area contributed by atoms with Crippen molar-refractivity contribution in [2.24, 2.45) is 0 Å². The van der Waals surface area contributed by atoms with Gasteiger partial charge in [0.25, 0.3) is 30.3 Å². The van der Waals surface area contributed by atoms with Gasteiger partial charge in [-0.3, -0.25) is 9.36 Å². The van der Waals surface area contributed by atoms with E-state index in [9.17, 15) is 0 Å². The van der Waals surface area contributed by atoms with Gasteiger partial charge in [-0.05, 0) is 171 Å². The number of fused-ring (bicyclic) bond motifs is 10. The number of rotatable bonds is 10. The largest absolute Gasteiger partial charge is 0.424 e. The Bertz CT molecular complexity index is 7080. The lowest BCUT2D eigenvalue weighted by Gasteiger charge is -2.24. The summed E-state index contributed by atoms with van der Waals surface area (Å²) in [5.74, 6) is 8.50. The molecule has 16 heterocycles. The van der Waals surface area contributed by atoms with E-state index in [0.717, 1.165) is 137 Å². The molecule has 0 spiro atoms. The van der Waals surface area contributed by atoms with Gasteiger partial charge in [-0.2, -0.15) is 41.1 Å². The Morgan fingerprint density at radius 2 is 0.882 bits per heavy atom. The average Bonchev–Trinajstić information content (AvgIpc) is 1.62. The van der Waals surface area contributed by atoms with Gasteiger partial charge in [0.2, 0.25) is 5.58 Å². The van der Waals surface area contributed by atoms with E-state index >= 15 is 0 Å². The van der Waals surface area contributed by atoms with Crippen LogP contribution in [0.3, 0.4) is 0 Å². The molecular formula is C81H83N32O6+. The van der Waals surface area contributed by atoms with Crippen LogP contribution in [0.4, 0.5) is 53.1 Å². The summed E-state index contributed by atoms with van der Waals surface area (Å²) < 4.78 is 42.2. The van der Waals surface area contributed by atoms with Crippen molar-refractivity contribution in [3.05, 3.63) is 147 Å². The Kier molecular flexibility index (Phi) is 19.3. The Morgan fingerprint density at radius 3 is 1.45 bits per heavy atom. The fourth-order valence-corrected chi connectivity index (χ4v) is 14.9. The van der Waals surface area contributed by atoms with Crippen LogP contribution in [0, 0.1) is 6.92 Å². The van der Waals surface area contributed by atoms with E-state index in [2.05, 4.69) is 127 Å². The zero-order chi connectivity index (χ0) is 83.1. The molecule has 20 aromatic rings. The second-order valence-corrected chi connectivity index (χ2v) is 29.6. The van der Waals surface area contributed by atoms with Crippen molar-refractivity contribution < 1.29 is 31.8 Å². The summed E-state index contributed by atoms with van der Waals surface area (Å²) >= 11 is 0. The number of hydrogen-bond donors (Lipinski definition) is 10. The van der Waals surface area contributed by atoms with E-state index in [1.54, 1.807) is 12.4 Å². The van der Waals surface area contributed by atoms with Gasteiger partial charge in [-0.1, -0.05) is 12.1 Å². The Morgan fingerprint density at radius 1 is 0.412 bits per heavy atom. The molecular weight excluding hydrogens is 1520 g/mol. The lowest BCUT2D eigenvalue weighted by molar-refractivity contribution is -0.815. The summed E-state index contributed by atoms with van der Waals surface area (Å²) in [6.07, 6.45) is 13.9. The fraction of sp³-hybridized carbons (Fsp3) is 0.222. The standard InChI is InChI=1S/C18H18N6O2.C16H18N7O.2C16H16N6O.C15H15N7O/c19-16-15-12(10-1-2-14-13(7-10)23-18(20)26-14)8-24(17(15)22-9-21-16)11-3-5-25-6-4-11;1-8(2)23-16-13(15(17)19-9(3)20-16)14(21-23)10-4-5-12-11(6-10)7-22(18)24-12;1-8(2)22-6-10(13-14(17)19-7-20-15(13)22)9-3-4-12-11(5-9)21-16(18)23-12;1-8(2)22-11-5-6-19-15(17)13(11)14(21-22)9-3-4-12-10(7-9)20-16(18)23-12;1-7(2)22-12(11-13(16)18-6-19-14(11)21-22)8-3-4-10-9(5-8)20-15(17)23-10/h1-2,7-9,11H,3-6H2,(H2,20,23)(H2,19,21,22);4-8H,18H2,1-3H3,(H2,17,19,20);3-8H,1-2H3,(H2,18,21)(H2,17,19,20);3-8H,1-2H3,(H2,17,19)(H2,18,20);3-7H,1-2H3,(H2,17,20)(H2,16,18,19,21)/q;+1;;;. The quantitative estimate of drug-likeness (QED) is 0.0449. The molecule has 0 atom stereocenters. The van der Waals surface area contributed by atoms with Crippen molar-refractivity contribution in [2.75, 3.05) is 70.7 Å². The number of nitrogens with two attached hydrogens (primary N) is 10. The predicted octanol–water partition coefficient (Wildman–Crippen LogP) is 12.8. The topological polar surface area (TPSA) is 570 Å². The Balaban J connectivity index is 0.000000106. The third-order valence-corrected chi connectivity index (χ3v) is 20.3. The summed E-state index contributed by atoms with van der Waals surface area (Å²) in [7, 11) is 0. The number of benzene rings is 5. The van der Waals surface area contributed by atoms with Crippen molar-refractivity contribution in [3.8, 4) is 56.0 Å². The van der Waals surface area contributed by atoms with Gasteiger partial charge in [0.05, 0.1) is 48.4 Å². The van der Waals surface area contributed by atoms with Crippen LogP contribution in [0.5, 0.6) is 0 Å². The number of pyridine rings is 1. The molecule has 0 unspecified atom stereocenters. The van der Waals surface area contributed by atoms with Gasteiger partial charge in [0, 0.05) is 89.8 Å². The number of hydrogen-bond acceptors (Lipinski definition) is 32. The van der Waals surface area contributed by atoms with Crippen molar-refractivity contribution in [1.82, 2.24) is 103 Å². The van der Waals surface area contributed by atoms with Gasteiger partial charge in [-0.25, -0.2) is 54.1 Å². The number of oxazole rings is 4. The molecule has 0 bridgehead atoms. The number of aromatic nitrogens is 22. The molecule has 119 heavy (non-hydrogen) atoms.